The molecule has 1 aliphatic carbocycles. The van der Waals surface area contributed by atoms with Crippen LogP contribution in [0.1, 0.15) is 37.3 Å². The van der Waals surface area contributed by atoms with Crippen molar-refractivity contribution in [1.82, 2.24) is 0 Å². The molecule has 19 heavy (non-hydrogen) atoms. The summed E-state index contributed by atoms with van der Waals surface area (Å²) in [7, 11) is 1.53. The van der Waals surface area contributed by atoms with Gasteiger partial charge in [-0.05, 0) is 30.9 Å². The lowest BCUT2D eigenvalue weighted by molar-refractivity contribution is 0.0827. The van der Waals surface area contributed by atoms with E-state index in [0.29, 0.717) is 11.3 Å². The molecule has 0 amide bonds. The summed E-state index contributed by atoms with van der Waals surface area (Å²) in [4.78, 5) is 0. The van der Waals surface area contributed by atoms with Crippen LogP contribution in [-0.4, -0.2) is 23.4 Å². The first-order valence-corrected chi connectivity index (χ1v) is 6.44. The maximum absolute atomic E-state index is 10.3. The van der Waals surface area contributed by atoms with E-state index in [1.165, 1.54) is 7.11 Å². The minimum absolute atomic E-state index is 0. The predicted molar refractivity (Wildman–Crippen MR) is 76.8 cm³/mol. The van der Waals surface area contributed by atoms with Crippen molar-refractivity contribution in [2.45, 2.75) is 37.8 Å². The predicted octanol–water partition coefficient (Wildman–Crippen LogP) is 2.37. The Kier molecular flexibility index (Phi) is 5.91. The largest absolute Gasteiger partial charge is 0.507 e. The topological polar surface area (TPSA) is 75.7 Å². The average Bonchev–Trinajstić information content (AvgIpc) is 2.90. The third-order valence-corrected chi connectivity index (χ3v) is 3.85. The van der Waals surface area contributed by atoms with Crippen LogP contribution >= 0.6 is 12.4 Å². The molecule has 1 aliphatic rings. The van der Waals surface area contributed by atoms with Crippen molar-refractivity contribution in [3.63, 3.8) is 0 Å². The third kappa shape index (κ3) is 3.32. The Morgan fingerprint density at radius 2 is 1.95 bits per heavy atom. The fourth-order valence-corrected chi connectivity index (χ4v) is 2.81. The highest BCUT2D eigenvalue weighted by molar-refractivity contribution is 5.85. The minimum atomic E-state index is -0.630. The zero-order chi connectivity index (χ0) is 13.1. The minimum Gasteiger partial charge on any atom is -0.507 e. The lowest BCUT2D eigenvalue weighted by atomic mass is 9.90. The van der Waals surface area contributed by atoms with Crippen LogP contribution in [0, 0.1) is 5.92 Å². The quantitative estimate of drug-likeness (QED) is 0.795. The van der Waals surface area contributed by atoms with E-state index < -0.39 is 12.1 Å². The number of rotatable bonds is 4. The molecule has 0 aromatic heterocycles. The number of methoxy groups -OCH3 is 1. The number of benzene rings is 1. The van der Waals surface area contributed by atoms with Crippen molar-refractivity contribution >= 4 is 12.4 Å². The van der Waals surface area contributed by atoms with Crippen LogP contribution in [0.15, 0.2) is 18.2 Å². The molecule has 5 heteroatoms. The number of aliphatic hydroxyl groups excluding tert-OH is 1. The van der Waals surface area contributed by atoms with Gasteiger partial charge in [-0.15, -0.1) is 12.4 Å². The number of aromatic hydroxyl groups is 1. The monoisotopic (exact) mass is 287 g/mol. The zero-order valence-electron chi connectivity index (χ0n) is 11.1. The van der Waals surface area contributed by atoms with Crippen LogP contribution in [-0.2, 0) is 0 Å². The summed E-state index contributed by atoms with van der Waals surface area (Å²) in [5, 5.41) is 20.2. The summed E-state index contributed by atoms with van der Waals surface area (Å²) in [6, 6.07) is 4.41. The van der Waals surface area contributed by atoms with E-state index in [4.69, 9.17) is 10.5 Å². The van der Waals surface area contributed by atoms with E-state index in [-0.39, 0.29) is 24.1 Å². The normalized spacial score (nSPS) is 18.7. The summed E-state index contributed by atoms with van der Waals surface area (Å²) < 4.78 is 5.21. The van der Waals surface area contributed by atoms with Crippen LogP contribution < -0.4 is 10.5 Å². The van der Waals surface area contributed by atoms with Gasteiger partial charge in [0.2, 0.25) is 0 Å². The second kappa shape index (κ2) is 6.98. The van der Waals surface area contributed by atoms with Crippen LogP contribution in [0.25, 0.3) is 0 Å². The van der Waals surface area contributed by atoms with Crippen LogP contribution in [0.3, 0.4) is 0 Å². The number of ether oxygens (including phenoxy) is 1. The summed E-state index contributed by atoms with van der Waals surface area (Å²) >= 11 is 0. The van der Waals surface area contributed by atoms with Gasteiger partial charge in [-0.3, -0.25) is 0 Å². The molecular weight excluding hydrogens is 266 g/mol. The van der Waals surface area contributed by atoms with Gasteiger partial charge in [0.15, 0.2) is 0 Å². The standard InChI is InChI=1S/C14H21NO3.ClH/c1-18-11-8-4-7-10(16)12(11)13(15)14(17)9-5-2-3-6-9;/h4,7-9,13-14,16-17H,2-3,5-6,15H2,1H3;1H/t13-,14+;/m0./s1. The van der Waals surface area contributed by atoms with Gasteiger partial charge >= 0.3 is 0 Å². The SMILES string of the molecule is COc1cccc(O)c1[C@H](N)[C@H](O)C1CCCC1.Cl. The Balaban J connectivity index is 0.00000180. The average molecular weight is 288 g/mol. The Morgan fingerprint density at radius 1 is 1.32 bits per heavy atom. The molecule has 0 saturated heterocycles. The van der Waals surface area contributed by atoms with Gasteiger partial charge in [-0.25, -0.2) is 0 Å². The van der Waals surface area contributed by atoms with E-state index >= 15 is 0 Å². The molecule has 2 atom stereocenters. The van der Waals surface area contributed by atoms with Crippen molar-refractivity contribution < 1.29 is 14.9 Å². The van der Waals surface area contributed by atoms with Gasteiger partial charge < -0.3 is 20.7 Å². The first kappa shape index (κ1) is 16.1. The molecule has 4 N–H and O–H groups in total. The van der Waals surface area contributed by atoms with Gasteiger partial charge in [0, 0.05) is 0 Å². The van der Waals surface area contributed by atoms with Crippen molar-refractivity contribution in [3.05, 3.63) is 23.8 Å². The first-order valence-electron chi connectivity index (χ1n) is 6.44. The maximum Gasteiger partial charge on any atom is 0.127 e. The number of aliphatic hydroxyl groups is 1. The molecular formula is C14H22ClNO3. The number of hydrogen-bond donors (Lipinski definition) is 3. The van der Waals surface area contributed by atoms with Crippen molar-refractivity contribution in [3.8, 4) is 11.5 Å². The summed E-state index contributed by atoms with van der Waals surface area (Å²) in [6.07, 6.45) is 3.67. The number of phenolic OH excluding ortho intramolecular Hbond substituents is 1. The summed E-state index contributed by atoms with van der Waals surface area (Å²) in [5.41, 5.74) is 6.60. The first-order chi connectivity index (χ1) is 8.65. The number of halogens is 1. The molecule has 2 rings (SSSR count). The fourth-order valence-electron chi connectivity index (χ4n) is 2.81. The Labute approximate surface area is 120 Å². The Bertz CT molecular complexity index is 408. The van der Waals surface area contributed by atoms with Crippen molar-refractivity contribution in [2.24, 2.45) is 11.7 Å². The molecule has 0 aliphatic heterocycles. The van der Waals surface area contributed by atoms with E-state index in [9.17, 15) is 10.2 Å². The van der Waals surface area contributed by atoms with E-state index in [1.54, 1.807) is 18.2 Å². The Morgan fingerprint density at radius 3 is 2.53 bits per heavy atom. The van der Waals surface area contributed by atoms with Crippen LogP contribution in [0.2, 0.25) is 0 Å². The molecule has 1 fully saturated rings. The highest BCUT2D eigenvalue weighted by atomic mass is 35.5. The molecule has 0 spiro atoms. The lowest BCUT2D eigenvalue weighted by Crippen LogP contribution is -2.32. The molecule has 0 radical (unpaired) electrons. The maximum atomic E-state index is 10.3. The molecule has 4 nitrogen and oxygen atoms in total. The van der Waals surface area contributed by atoms with Gasteiger partial charge in [0.1, 0.15) is 11.5 Å². The van der Waals surface area contributed by atoms with Gasteiger partial charge in [-0.1, -0.05) is 18.9 Å². The molecule has 1 aromatic carbocycles. The molecule has 1 saturated carbocycles. The summed E-state index contributed by atoms with van der Waals surface area (Å²) in [5.74, 6) is 0.836. The second-order valence-electron chi connectivity index (χ2n) is 4.95. The number of nitrogens with two attached hydrogens (primary N) is 1. The second-order valence-corrected chi connectivity index (χ2v) is 4.95. The fraction of sp³-hybridized carbons (Fsp3) is 0.571. The zero-order valence-corrected chi connectivity index (χ0v) is 11.9. The van der Waals surface area contributed by atoms with E-state index in [1.807, 2.05) is 0 Å². The highest BCUT2D eigenvalue weighted by Crippen LogP contribution is 2.38. The molecule has 0 unspecified atom stereocenters. The van der Waals surface area contributed by atoms with Crippen LogP contribution in [0.4, 0.5) is 0 Å². The van der Waals surface area contributed by atoms with Crippen molar-refractivity contribution in [1.29, 1.82) is 0 Å². The van der Waals surface area contributed by atoms with Crippen molar-refractivity contribution in [2.75, 3.05) is 7.11 Å². The number of phenols is 1. The van der Waals surface area contributed by atoms with E-state index in [0.717, 1.165) is 25.7 Å². The lowest BCUT2D eigenvalue weighted by Gasteiger charge is -2.26. The number of hydrogen-bond acceptors (Lipinski definition) is 4. The molecule has 1 aromatic rings. The third-order valence-electron chi connectivity index (χ3n) is 3.85. The molecule has 0 heterocycles. The van der Waals surface area contributed by atoms with Crippen LogP contribution in [0.5, 0.6) is 11.5 Å². The van der Waals surface area contributed by atoms with E-state index in [2.05, 4.69) is 0 Å². The smallest absolute Gasteiger partial charge is 0.127 e. The molecule has 108 valence electrons. The summed E-state index contributed by atoms with van der Waals surface area (Å²) in [6.45, 7) is 0. The van der Waals surface area contributed by atoms with Gasteiger partial charge in [0.05, 0.1) is 24.8 Å². The van der Waals surface area contributed by atoms with Gasteiger partial charge in [-0.2, -0.15) is 0 Å². The highest BCUT2D eigenvalue weighted by Gasteiger charge is 2.31. The van der Waals surface area contributed by atoms with Gasteiger partial charge in [0.25, 0.3) is 0 Å². The Hall–Kier alpha value is -0.970. The molecule has 0 bridgehead atoms.